The molecule has 0 aromatic rings. The molecular formula is C17H29NO10. The molecule has 2 aliphatic heterocycles. The van der Waals surface area contributed by atoms with Crippen molar-refractivity contribution in [2.45, 2.75) is 68.6 Å². The van der Waals surface area contributed by atoms with Crippen molar-refractivity contribution < 1.29 is 49.3 Å². The van der Waals surface area contributed by atoms with Gasteiger partial charge in [-0.2, -0.15) is 0 Å². The molecule has 28 heavy (non-hydrogen) atoms. The average molecular weight is 407 g/mol. The molecule has 0 saturated carbocycles. The number of hydrogen-bond donors (Lipinski definition) is 6. The van der Waals surface area contributed by atoms with Gasteiger partial charge in [-0.3, -0.25) is 4.79 Å². The molecule has 2 aliphatic rings. The summed E-state index contributed by atoms with van der Waals surface area (Å²) in [5, 5.41) is 51.5. The van der Waals surface area contributed by atoms with Crippen molar-refractivity contribution in [3.63, 3.8) is 0 Å². The second-order valence-corrected chi connectivity index (χ2v) is 6.76. The third kappa shape index (κ3) is 5.47. The van der Waals surface area contributed by atoms with E-state index < -0.39 is 68.5 Å². The molecule has 2 heterocycles. The van der Waals surface area contributed by atoms with Crippen LogP contribution in [0, 0.1) is 0 Å². The zero-order valence-corrected chi connectivity index (χ0v) is 15.6. The number of aliphatic hydroxyl groups is 5. The van der Waals surface area contributed by atoms with E-state index in [0.717, 1.165) is 0 Å². The summed E-state index contributed by atoms with van der Waals surface area (Å²) in [5.41, 5.74) is 0. The molecular weight excluding hydrogens is 378 g/mol. The monoisotopic (exact) mass is 407 g/mol. The fraction of sp³-hybridized carbons (Fsp3) is 0.824. The van der Waals surface area contributed by atoms with Gasteiger partial charge >= 0.3 is 0 Å². The van der Waals surface area contributed by atoms with Gasteiger partial charge in [0, 0.05) is 13.3 Å². The van der Waals surface area contributed by atoms with Gasteiger partial charge in [0.25, 0.3) is 0 Å². The maximum Gasteiger partial charge on any atom is 0.217 e. The Morgan fingerprint density at radius 2 is 1.75 bits per heavy atom. The molecule has 9 atom stereocenters. The number of ether oxygens (including phenoxy) is 4. The fourth-order valence-corrected chi connectivity index (χ4v) is 3.23. The molecule has 11 nitrogen and oxygen atoms in total. The molecule has 162 valence electrons. The molecule has 0 aromatic carbocycles. The highest BCUT2D eigenvalue weighted by Gasteiger charge is 2.47. The Balaban J connectivity index is 2.11. The summed E-state index contributed by atoms with van der Waals surface area (Å²) in [6.45, 7) is 4.00. The number of amides is 1. The first kappa shape index (κ1) is 23.1. The van der Waals surface area contributed by atoms with Crippen LogP contribution >= 0.6 is 0 Å². The number of hydrogen-bond acceptors (Lipinski definition) is 10. The minimum atomic E-state index is -1.59. The summed E-state index contributed by atoms with van der Waals surface area (Å²) in [7, 11) is 0. The lowest BCUT2D eigenvalue weighted by Gasteiger charge is -2.45. The first-order valence-corrected chi connectivity index (χ1v) is 9.04. The predicted molar refractivity (Wildman–Crippen MR) is 92.8 cm³/mol. The molecule has 2 saturated heterocycles. The van der Waals surface area contributed by atoms with E-state index in [2.05, 4.69) is 11.9 Å². The molecule has 2 fully saturated rings. The van der Waals surface area contributed by atoms with Gasteiger partial charge < -0.3 is 49.8 Å². The lowest BCUT2D eigenvalue weighted by Crippen LogP contribution is -2.62. The SMILES string of the molecule is C=CCO[C@H]1O[C@@H](CO)[C@@H](O[C@@H]2O[C@@H](CO)[C@H](O)[C@H](O)[C@@H]2O)C[C@@H]1NC(C)=O. The van der Waals surface area contributed by atoms with Crippen molar-refractivity contribution in [3.8, 4) is 0 Å². The first-order valence-electron chi connectivity index (χ1n) is 9.04. The smallest absolute Gasteiger partial charge is 0.217 e. The molecule has 0 spiro atoms. The van der Waals surface area contributed by atoms with E-state index in [1.54, 1.807) is 0 Å². The fourth-order valence-electron chi connectivity index (χ4n) is 3.23. The van der Waals surface area contributed by atoms with Gasteiger partial charge in [0.1, 0.15) is 30.5 Å². The molecule has 0 bridgehead atoms. The topological polar surface area (TPSA) is 167 Å². The van der Waals surface area contributed by atoms with Gasteiger partial charge in [-0.1, -0.05) is 6.08 Å². The van der Waals surface area contributed by atoms with Crippen molar-refractivity contribution in [3.05, 3.63) is 12.7 Å². The van der Waals surface area contributed by atoms with Crippen molar-refractivity contribution in [2.75, 3.05) is 19.8 Å². The highest BCUT2D eigenvalue weighted by molar-refractivity contribution is 5.73. The van der Waals surface area contributed by atoms with Crippen LogP contribution in [0.1, 0.15) is 13.3 Å². The minimum absolute atomic E-state index is 0.154. The van der Waals surface area contributed by atoms with E-state index in [1.165, 1.54) is 13.0 Å². The van der Waals surface area contributed by atoms with Gasteiger partial charge in [0.05, 0.1) is 32.0 Å². The summed E-state index contributed by atoms with van der Waals surface area (Å²) in [6.07, 6.45) is -8.11. The van der Waals surface area contributed by atoms with Crippen molar-refractivity contribution in [2.24, 2.45) is 0 Å². The third-order valence-corrected chi connectivity index (χ3v) is 4.64. The summed E-state index contributed by atoms with van der Waals surface area (Å²) < 4.78 is 22.2. The van der Waals surface area contributed by atoms with Crippen LogP contribution in [-0.2, 0) is 23.7 Å². The van der Waals surface area contributed by atoms with E-state index in [9.17, 15) is 30.3 Å². The van der Waals surface area contributed by atoms with E-state index >= 15 is 0 Å². The molecule has 2 rings (SSSR count). The van der Waals surface area contributed by atoms with E-state index in [0.29, 0.717) is 0 Å². The molecule has 0 radical (unpaired) electrons. The third-order valence-electron chi connectivity index (χ3n) is 4.64. The van der Waals surface area contributed by atoms with Crippen molar-refractivity contribution in [1.82, 2.24) is 5.32 Å². The van der Waals surface area contributed by atoms with Crippen molar-refractivity contribution >= 4 is 5.91 Å². The number of rotatable bonds is 8. The van der Waals surface area contributed by atoms with Crippen LogP contribution in [-0.4, -0.2) is 107 Å². The summed E-state index contributed by atoms with van der Waals surface area (Å²) in [6, 6.07) is -0.616. The quantitative estimate of drug-likeness (QED) is 0.228. The molecule has 0 aliphatic carbocycles. The predicted octanol–water partition coefficient (Wildman–Crippen LogP) is -3.01. The van der Waals surface area contributed by atoms with Gasteiger partial charge in [0.15, 0.2) is 12.6 Å². The second-order valence-electron chi connectivity index (χ2n) is 6.76. The Labute approximate surface area is 162 Å². The highest BCUT2D eigenvalue weighted by Crippen LogP contribution is 2.29. The Morgan fingerprint density at radius 3 is 2.32 bits per heavy atom. The standard InChI is InChI=1S/C17H29NO10/c1-3-4-25-16-9(18-8(2)21)5-10(11(6-19)27-16)26-17-15(24)14(23)13(22)12(7-20)28-17/h3,9-17,19-20,22-24H,1,4-7H2,2H3,(H,18,21)/t9-,10-,11-,12-,13-,14-,15-,16-,17+/m0/s1. The van der Waals surface area contributed by atoms with Gasteiger partial charge in [0.2, 0.25) is 5.91 Å². The number of nitrogens with one attached hydrogen (secondary N) is 1. The number of carbonyl (C=O) groups excluding carboxylic acids is 1. The van der Waals surface area contributed by atoms with Gasteiger partial charge in [-0.25, -0.2) is 0 Å². The lowest BCUT2D eigenvalue weighted by molar-refractivity contribution is -0.334. The zero-order chi connectivity index (χ0) is 20.8. The van der Waals surface area contributed by atoms with Crippen LogP contribution < -0.4 is 5.32 Å². The number of aliphatic hydroxyl groups excluding tert-OH is 5. The first-order chi connectivity index (χ1) is 13.3. The van der Waals surface area contributed by atoms with E-state index in [1.807, 2.05) is 0 Å². The summed E-state index contributed by atoms with van der Waals surface area (Å²) in [4.78, 5) is 11.5. The largest absolute Gasteiger partial charge is 0.394 e. The normalized spacial score (nSPS) is 41.4. The van der Waals surface area contributed by atoms with Crippen LogP contribution in [0.25, 0.3) is 0 Å². The number of carbonyl (C=O) groups is 1. The zero-order valence-electron chi connectivity index (χ0n) is 15.6. The van der Waals surface area contributed by atoms with Crippen LogP contribution in [0.2, 0.25) is 0 Å². The highest BCUT2D eigenvalue weighted by atomic mass is 16.7. The minimum Gasteiger partial charge on any atom is -0.394 e. The summed E-state index contributed by atoms with van der Waals surface area (Å²) >= 11 is 0. The lowest BCUT2D eigenvalue weighted by atomic mass is 9.97. The van der Waals surface area contributed by atoms with E-state index in [-0.39, 0.29) is 18.9 Å². The summed E-state index contributed by atoms with van der Waals surface area (Å²) in [5.74, 6) is -0.324. The van der Waals surface area contributed by atoms with Crippen molar-refractivity contribution in [1.29, 1.82) is 0 Å². The molecule has 1 amide bonds. The molecule has 11 heteroatoms. The maximum absolute atomic E-state index is 11.5. The average Bonchev–Trinajstić information content (AvgIpc) is 2.67. The Morgan fingerprint density at radius 1 is 1.11 bits per heavy atom. The Hall–Kier alpha value is -1.15. The van der Waals surface area contributed by atoms with Gasteiger partial charge in [-0.15, -0.1) is 6.58 Å². The van der Waals surface area contributed by atoms with Crippen LogP contribution in [0.15, 0.2) is 12.7 Å². The van der Waals surface area contributed by atoms with Crippen LogP contribution in [0.3, 0.4) is 0 Å². The second kappa shape index (κ2) is 10.6. The Kier molecular flexibility index (Phi) is 8.74. The molecule has 6 N–H and O–H groups in total. The Bertz CT molecular complexity index is 518. The van der Waals surface area contributed by atoms with Crippen LogP contribution in [0.5, 0.6) is 0 Å². The van der Waals surface area contributed by atoms with E-state index in [4.69, 9.17) is 18.9 Å². The van der Waals surface area contributed by atoms with Crippen LogP contribution in [0.4, 0.5) is 0 Å². The van der Waals surface area contributed by atoms with Gasteiger partial charge in [-0.05, 0) is 0 Å². The molecule has 0 unspecified atom stereocenters. The maximum atomic E-state index is 11.5. The molecule has 0 aromatic heterocycles.